The zero-order valence-electron chi connectivity index (χ0n) is 19.8. The van der Waals surface area contributed by atoms with Crippen molar-refractivity contribution in [2.75, 3.05) is 64.5 Å². The first-order valence-electron chi connectivity index (χ1n) is 11.9. The van der Waals surface area contributed by atoms with Gasteiger partial charge in [-0.25, -0.2) is 4.79 Å². The van der Waals surface area contributed by atoms with Crippen molar-refractivity contribution in [3.63, 3.8) is 0 Å². The van der Waals surface area contributed by atoms with E-state index in [-0.39, 0.29) is 17.4 Å². The summed E-state index contributed by atoms with van der Waals surface area (Å²) in [6.07, 6.45) is 4.03. The Bertz CT molecular complexity index is 826. The van der Waals surface area contributed by atoms with Crippen LogP contribution in [0.3, 0.4) is 0 Å². The van der Waals surface area contributed by atoms with Gasteiger partial charge in [0, 0.05) is 51.3 Å². The lowest BCUT2D eigenvalue weighted by Crippen LogP contribution is -2.48. The van der Waals surface area contributed by atoms with Crippen LogP contribution >= 0.6 is 0 Å². The van der Waals surface area contributed by atoms with E-state index in [1.807, 2.05) is 9.80 Å². The minimum absolute atomic E-state index is 0.0961. The highest BCUT2D eigenvalue weighted by molar-refractivity contribution is 5.94. The highest BCUT2D eigenvalue weighted by Crippen LogP contribution is 2.47. The molecule has 3 aliphatic heterocycles. The van der Waals surface area contributed by atoms with Crippen molar-refractivity contribution in [1.29, 1.82) is 0 Å². The van der Waals surface area contributed by atoms with E-state index < -0.39 is 0 Å². The van der Waals surface area contributed by atoms with Crippen LogP contribution in [0.4, 0.5) is 10.5 Å². The quantitative estimate of drug-likeness (QED) is 0.654. The Balaban J connectivity index is 1.29. The van der Waals surface area contributed by atoms with Crippen LogP contribution in [0.25, 0.3) is 0 Å². The molecule has 0 aliphatic carbocycles. The first-order valence-corrected chi connectivity index (χ1v) is 11.9. The number of hydrogen-bond acceptors (Lipinski definition) is 5. The van der Waals surface area contributed by atoms with Crippen molar-refractivity contribution in [3.05, 3.63) is 29.3 Å². The fourth-order valence-corrected chi connectivity index (χ4v) is 5.62. The number of amides is 2. The average Bonchev–Trinajstić information content (AvgIpc) is 3.10. The lowest BCUT2D eigenvalue weighted by Gasteiger charge is -2.42. The van der Waals surface area contributed by atoms with E-state index in [1.54, 1.807) is 14.0 Å². The summed E-state index contributed by atoms with van der Waals surface area (Å²) in [7, 11) is 1.60. The molecule has 3 heterocycles. The van der Waals surface area contributed by atoms with Crippen LogP contribution in [-0.4, -0.2) is 81.4 Å². The average molecular weight is 444 g/mol. The second-order valence-electron chi connectivity index (χ2n) is 9.74. The number of hydrogen-bond donors (Lipinski definition) is 0. The fraction of sp³-hybridized carbons (Fsp3) is 0.680. The molecule has 3 aliphatic rings. The Hall–Kier alpha value is -2.12. The van der Waals surface area contributed by atoms with Crippen molar-refractivity contribution >= 4 is 17.7 Å². The van der Waals surface area contributed by atoms with Crippen LogP contribution in [0.1, 0.15) is 43.7 Å². The molecule has 0 N–H and O–H groups in total. The van der Waals surface area contributed by atoms with Crippen LogP contribution in [0, 0.1) is 12.8 Å². The number of carbonyl (C=O) groups excluding carboxylic acids is 2. The summed E-state index contributed by atoms with van der Waals surface area (Å²) in [6, 6.07) is 6.54. The van der Waals surface area contributed by atoms with Crippen molar-refractivity contribution < 1.29 is 19.1 Å². The van der Waals surface area contributed by atoms with E-state index in [9.17, 15) is 9.59 Å². The normalized spacial score (nSPS) is 21.1. The second-order valence-corrected chi connectivity index (χ2v) is 9.74. The molecule has 0 unspecified atom stereocenters. The minimum atomic E-state index is -0.217. The molecule has 4 rings (SSSR count). The van der Waals surface area contributed by atoms with Crippen molar-refractivity contribution in [2.24, 2.45) is 5.92 Å². The van der Waals surface area contributed by atoms with Crippen LogP contribution in [0.5, 0.6) is 0 Å². The first-order chi connectivity index (χ1) is 15.4. The monoisotopic (exact) mass is 443 g/mol. The Morgan fingerprint density at radius 3 is 2.47 bits per heavy atom. The number of rotatable bonds is 5. The summed E-state index contributed by atoms with van der Waals surface area (Å²) in [5.74, 6) is 0.765. The van der Waals surface area contributed by atoms with Crippen LogP contribution in [0.2, 0.25) is 0 Å². The fourth-order valence-electron chi connectivity index (χ4n) is 5.62. The lowest BCUT2D eigenvalue weighted by molar-refractivity contribution is -0.116. The van der Waals surface area contributed by atoms with Crippen LogP contribution < -0.4 is 4.90 Å². The van der Waals surface area contributed by atoms with E-state index in [1.165, 1.54) is 11.1 Å². The maximum Gasteiger partial charge on any atom is 0.409 e. The van der Waals surface area contributed by atoms with Crippen molar-refractivity contribution in [1.82, 2.24) is 9.80 Å². The van der Waals surface area contributed by atoms with Gasteiger partial charge < -0.3 is 24.2 Å². The molecule has 0 atom stereocenters. The van der Waals surface area contributed by atoms with E-state index in [2.05, 4.69) is 30.0 Å². The topological polar surface area (TPSA) is 62.3 Å². The van der Waals surface area contributed by atoms with Gasteiger partial charge in [0.05, 0.1) is 6.61 Å². The number of nitrogens with zero attached hydrogens (tertiary/aromatic N) is 3. The predicted molar refractivity (Wildman–Crippen MR) is 124 cm³/mol. The van der Waals surface area contributed by atoms with Crippen LogP contribution in [-0.2, 0) is 19.7 Å². The van der Waals surface area contributed by atoms with E-state index in [0.717, 1.165) is 70.6 Å². The molecule has 1 aromatic carbocycles. The molecule has 1 aromatic rings. The molecule has 0 saturated carbocycles. The van der Waals surface area contributed by atoms with Gasteiger partial charge in [-0.1, -0.05) is 17.7 Å². The Morgan fingerprint density at radius 2 is 1.81 bits per heavy atom. The number of ether oxygens (including phenoxy) is 2. The van der Waals surface area contributed by atoms with Gasteiger partial charge in [-0.3, -0.25) is 4.79 Å². The van der Waals surface area contributed by atoms with Gasteiger partial charge in [0.1, 0.15) is 6.61 Å². The molecule has 0 bridgehead atoms. The zero-order chi connectivity index (χ0) is 22.7. The third kappa shape index (κ3) is 4.79. The smallest absolute Gasteiger partial charge is 0.409 e. The second kappa shape index (κ2) is 9.79. The summed E-state index contributed by atoms with van der Waals surface area (Å²) in [5.41, 5.74) is 3.84. The van der Waals surface area contributed by atoms with Gasteiger partial charge in [0.2, 0.25) is 5.91 Å². The van der Waals surface area contributed by atoms with Gasteiger partial charge in [-0.05, 0) is 63.2 Å². The standard InChI is InChI=1S/C25H37N3O4/c1-19-4-5-23-22(16-19)25(18-28(23)20(2)29)8-12-26(13-9-25)17-21-6-10-27(11-7-21)24(30)32-15-14-31-3/h4-5,16,21H,6-15,17-18H2,1-3H3. The van der Waals surface area contributed by atoms with Crippen molar-refractivity contribution in [2.45, 2.75) is 44.9 Å². The van der Waals surface area contributed by atoms with Crippen LogP contribution in [0.15, 0.2) is 18.2 Å². The van der Waals surface area contributed by atoms with Gasteiger partial charge in [0.25, 0.3) is 0 Å². The number of piperidine rings is 2. The summed E-state index contributed by atoms with van der Waals surface area (Å²) < 4.78 is 10.2. The van der Waals surface area contributed by atoms with E-state index >= 15 is 0 Å². The maximum atomic E-state index is 12.3. The third-order valence-electron chi connectivity index (χ3n) is 7.57. The molecule has 7 heteroatoms. The summed E-state index contributed by atoms with van der Waals surface area (Å²) in [4.78, 5) is 30.8. The Kier molecular flexibility index (Phi) is 7.05. The number of benzene rings is 1. The molecular formula is C25H37N3O4. The molecule has 2 fully saturated rings. The third-order valence-corrected chi connectivity index (χ3v) is 7.57. The molecule has 0 radical (unpaired) electrons. The number of aryl methyl sites for hydroxylation is 1. The van der Waals surface area contributed by atoms with Gasteiger partial charge in [-0.2, -0.15) is 0 Å². The lowest BCUT2D eigenvalue weighted by atomic mass is 9.74. The highest BCUT2D eigenvalue weighted by Gasteiger charge is 2.45. The summed E-state index contributed by atoms with van der Waals surface area (Å²) in [5, 5.41) is 0. The summed E-state index contributed by atoms with van der Waals surface area (Å²) in [6.45, 7) is 10.2. The van der Waals surface area contributed by atoms with E-state index in [0.29, 0.717) is 19.1 Å². The highest BCUT2D eigenvalue weighted by atomic mass is 16.6. The summed E-state index contributed by atoms with van der Waals surface area (Å²) >= 11 is 0. The maximum absolute atomic E-state index is 12.3. The van der Waals surface area contributed by atoms with Gasteiger partial charge >= 0.3 is 6.09 Å². The van der Waals surface area contributed by atoms with Gasteiger partial charge in [-0.15, -0.1) is 0 Å². The number of fused-ring (bicyclic) bond motifs is 2. The molecule has 176 valence electrons. The molecule has 1 spiro atoms. The number of carbonyl (C=O) groups is 2. The minimum Gasteiger partial charge on any atom is -0.447 e. The predicted octanol–water partition coefficient (Wildman–Crippen LogP) is 3.19. The van der Waals surface area contributed by atoms with Gasteiger partial charge in [0.15, 0.2) is 0 Å². The molecular weight excluding hydrogens is 406 g/mol. The molecule has 32 heavy (non-hydrogen) atoms. The molecule has 2 saturated heterocycles. The zero-order valence-corrected chi connectivity index (χ0v) is 19.8. The number of likely N-dealkylation sites (tertiary alicyclic amines) is 2. The van der Waals surface area contributed by atoms with E-state index in [4.69, 9.17) is 9.47 Å². The number of methoxy groups -OCH3 is 1. The molecule has 7 nitrogen and oxygen atoms in total. The molecule has 0 aromatic heterocycles. The van der Waals surface area contributed by atoms with Crippen molar-refractivity contribution in [3.8, 4) is 0 Å². The first kappa shape index (κ1) is 23.1. The Labute approximate surface area is 191 Å². The largest absolute Gasteiger partial charge is 0.447 e. The Morgan fingerprint density at radius 1 is 1.09 bits per heavy atom. The SMILES string of the molecule is COCCOC(=O)N1CCC(CN2CCC3(CC2)CN(C(C)=O)c2ccc(C)cc23)CC1. The number of anilines is 1. The molecule has 2 amide bonds.